The maximum absolute atomic E-state index is 15.1. The molecule has 0 saturated carbocycles. The highest BCUT2D eigenvalue weighted by molar-refractivity contribution is 6.31. The molecule has 4 nitrogen and oxygen atoms in total. The summed E-state index contributed by atoms with van der Waals surface area (Å²) in [6.45, 7) is 6.05. The van der Waals surface area contributed by atoms with Crippen LogP contribution in [-0.4, -0.2) is 23.2 Å². The van der Waals surface area contributed by atoms with Crippen LogP contribution >= 0.6 is 23.2 Å². The molecule has 0 aliphatic carbocycles. The summed E-state index contributed by atoms with van der Waals surface area (Å²) in [4.78, 5) is 12.2. The lowest BCUT2D eigenvalue weighted by atomic mass is 9.63. The number of aliphatic carboxylic acids is 1. The third-order valence-corrected chi connectivity index (χ3v) is 6.20. The molecule has 1 heterocycles. The van der Waals surface area contributed by atoms with Gasteiger partial charge in [0, 0.05) is 17.0 Å². The van der Waals surface area contributed by atoms with Gasteiger partial charge in [0.2, 0.25) is 0 Å². The average Bonchev–Trinajstić information content (AvgIpc) is 2.98. The van der Waals surface area contributed by atoms with Crippen molar-refractivity contribution in [3.8, 4) is 6.07 Å². The SMILES string of the molecule is CC(C)(C)C[C@@H]1N[C@@H](C(=O)O)C(c2cccc(Cl)c2F)C1(C#N)c1ccc(Cl)cc1. The first-order valence-corrected chi connectivity index (χ1v) is 10.4. The largest absolute Gasteiger partial charge is 0.480 e. The molecule has 2 N–H and O–H groups in total. The molecule has 4 atom stereocenters. The van der Waals surface area contributed by atoms with E-state index in [0.29, 0.717) is 17.0 Å². The van der Waals surface area contributed by atoms with Gasteiger partial charge in [0.25, 0.3) is 0 Å². The van der Waals surface area contributed by atoms with Gasteiger partial charge >= 0.3 is 5.97 Å². The van der Waals surface area contributed by atoms with E-state index in [1.54, 1.807) is 30.3 Å². The van der Waals surface area contributed by atoms with Crippen molar-refractivity contribution in [2.45, 2.75) is 50.6 Å². The van der Waals surface area contributed by atoms with Gasteiger partial charge in [-0.2, -0.15) is 5.26 Å². The molecule has 0 radical (unpaired) electrons. The fourth-order valence-corrected chi connectivity index (χ4v) is 4.78. The van der Waals surface area contributed by atoms with Crippen molar-refractivity contribution in [2.24, 2.45) is 5.41 Å². The van der Waals surface area contributed by atoms with Gasteiger partial charge in [0.1, 0.15) is 17.3 Å². The zero-order chi connectivity index (χ0) is 22.3. The zero-order valence-corrected chi connectivity index (χ0v) is 18.4. The Morgan fingerprint density at radius 1 is 1.23 bits per heavy atom. The Hall–Kier alpha value is -2.13. The van der Waals surface area contributed by atoms with Crippen molar-refractivity contribution in [1.29, 1.82) is 5.26 Å². The Labute approximate surface area is 185 Å². The zero-order valence-electron chi connectivity index (χ0n) is 16.9. The standard InChI is InChI=1S/C23H23Cl2FN2O2/c1-22(2,3)11-17-23(12-27,13-7-9-14(24)10-8-13)18(20(28-17)21(29)30)15-5-4-6-16(25)19(15)26/h4-10,17-18,20,28H,11H2,1-3H3,(H,29,30)/t17-,18?,20+,23?/m0/s1. The molecule has 2 unspecified atom stereocenters. The summed E-state index contributed by atoms with van der Waals surface area (Å²) < 4.78 is 15.1. The lowest BCUT2D eigenvalue weighted by Gasteiger charge is -2.37. The molecule has 2 aromatic carbocycles. The maximum atomic E-state index is 15.1. The molecule has 3 rings (SSSR count). The van der Waals surface area contributed by atoms with Gasteiger partial charge in [0.05, 0.1) is 11.1 Å². The molecular weight excluding hydrogens is 426 g/mol. The second kappa shape index (κ2) is 8.19. The summed E-state index contributed by atoms with van der Waals surface area (Å²) in [5.74, 6) is -2.85. The summed E-state index contributed by atoms with van der Waals surface area (Å²) in [7, 11) is 0. The van der Waals surface area contributed by atoms with Crippen LogP contribution < -0.4 is 5.32 Å². The van der Waals surface area contributed by atoms with E-state index in [4.69, 9.17) is 23.2 Å². The van der Waals surface area contributed by atoms with Gasteiger partial charge in [-0.15, -0.1) is 0 Å². The highest BCUT2D eigenvalue weighted by Crippen LogP contribution is 2.52. The van der Waals surface area contributed by atoms with Gasteiger partial charge in [-0.05, 0) is 41.2 Å². The molecular formula is C23H23Cl2FN2O2. The number of rotatable bonds is 4. The van der Waals surface area contributed by atoms with Crippen molar-refractivity contribution in [1.82, 2.24) is 5.32 Å². The Bertz CT molecular complexity index is 998. The first kappa shape index (κ1) is 22.6. The molecule has 1 saturated heterocycles. The summed E-state index contributed by atoms with van der Waals surface area (Å²) in [5, 5.41) is 24.0. The predicted molar refractivity (Wildman–Crippen MR) is 115 cm³/mol. The smallest absolute Gasteiger partial charge is 0.321 e. The molecule has 0 spiro atoms. The molecule has 1 fully saturated rings. The fourth-order valence-electron chi connectivity index (χ4n) is 4.47. The number of hydrogen-bond acceptors (Lipinski definition) is 3. The normalized spacial score (nSPS) is 26.4. The number of nitrogens with zero attached hydrogens (tertiary/aromatic N) is 1. The minimum absolute atomic E-state index is 0.107. The van der Waals surface area contributed by atoms with Crippen molar-refractivity contribution < 1.29 is 14.3 Å². The van der Waals surface area contributed by atoms with Gasteiger partial charge < -0.3 is 5.11 Å². The lowest BCUT2D eigenvalue weighted by Crippen LogP contribution is -2.44. The summed E-state index contributed by atoms with van der Waals surface area (Å²) in [6, 6.07) is 11.9. The lowest BCUT2D eigenvalue weighted by molar-refractivity contribution is -0.139. The van der Waals surface area contributed by atoms with E-state index in [9.17, 15) is 15.2 Å². The number of benzene rings is 2. The van der Waals surface area contributed by atoms with Crippen LogP contribution in [0.15, 0.2) is 42.5 Å². The van der Waals surface area contributed by atoms with Crippen LogP contribution in [0.25, 0.3) is 0 Å². The average molecular weight is 449 g/mol. The van der Waals surface area contributed by atoms with E-state index in [2.05, 4.69) is 11.4 Å². The molecule has 0 amide bonds. The molecule has 0 bridgehead atoms. The van der Waals surface area contributed by atoms with Crippen LogP contribution in [0.2, 0.25) is 10.0 Å². The van der Waals surface area contributed by atoms with Crippen molar-refractivity contribution >= 4 is 29.2 Å². The summed E-state index contributed by atoms with van der Waals surface area (Å²) >= 11 is 12.1. The Morgan fingerprint density at radius 2 is 1.87 bits per heavy atom. The number of nitriles is 1. The van der Waals surface area contributed by atoms with E-state index >= 15 is 4.39 Å². The van der Waals surface area contributed by atoms with Crippen LogP contribution in [0.4, 0.5) is 4.39 Å². The molecule has 0 aromatic heterocycles. The third kappa shape index (κ3) is 3.92. The number of nitrogens with one attached hydrogen (secondary N) is 1. The summed E-state index contributed by atoms with van der Waals surface area (Å²) in [6.07, 6.45) is 0.506. The second-order valence-electron chi connectivity index (χ2n) is 8.91. The number of hydrogen-bond donors (Lipinski definition) is 2. The number of carboxylic acids is 1. The second-order valence-corrected chi connectivity index (χ2v) is 9.75. The first-order chi connectivity index (χ1) is 14.0. The minimum atomic E-state index is -1.34. The fraction of sp³-hybridized carbons (Fsp3) is 0.391. The quantitative estimate of drug-likeness (QED) is 0.643. The highest BCUT2D eigenvalue weighted by atomic mass is 35.5. The van der Waals surface area contributed by atoms with Gasteiger partial charge in [-0.3, -0.25) is 10.1 Å². The van der Waals surface area contributed by atoms with E-state index in [0.717, 1.165) is 0 Å². The maximum Gasteiger partial charge on any atom is 0.321 e. The minimum Gasteiger partial charge on any atom is -0.480 e. The molecule has 2 aromatic rings. The highest BCUT2D eigenvalue weighted by Gasteiger charge is 2.60. The van der Waals surface area contributed by atoms with Crippen LogP contribution in [0.3, 0.4) is 0 Å². The van der Waals surface area contributed by atoms with Crippen LogP contribution in [0, 0.1) is 22.6 Å². The van der Waals surface area contributed by atoms with Crippen molar-refractivity contribution in [3.63, 3.8) is 0 Å². The third-order valence-electron chi connectivity index (χ3n) is 5.66. The topological polar surface area (TPSA) is 73.1 Å². The predicted octanol–water partition coefficient (Wildman–Crippen LogP) is 5.54. The Kier molecular flexibility index (Phi) is 6.15. The Balaban J connectivity index is 2.33. The monoisotopic (exact) mass is 448 g/mol. The Morgan fingerprint density at radius 3 is 2.40 bits per heavy atom. The molecule has 7 heteroatoms. The summed E-state index contributed by atoms with van der Waals surface area (Å²) in [5.41, 5.74) is -0.858. The first-order valence-electron chi connectivity index (χ1n) is 9.61. The molecule has 30 heavy (non-hydrogen) atoms. The van der Waals surface area contributed by atoms with E-state index in [1.807, 2.05) is 20.8 Å². The van der Waals surface area contributed by atoms with Gasteiger partial charge in [-0.1, -0.05) is 68.2 Å². The van der Waals surface area contributed by atoms with Crippen LogP contribution in [0.1, 0.15) is 44.2 Å². The molecule has 1 aliphatic rings. The van der Waals surface area contributed by atoms with E-state index in [-0.39, 0.29) is 16.0 Å². The van der Waals surface area contributed by atoms with E-state index in [1.165, 1.54) is 12.1 Å². The van der Waals surface area contributed by atoms with Gasteiger partial charge in [-0.25, -0.2) is 4.39 Å². The van der Waals surface area contributed by atoms with E-state index < -0.39 is 35.2 Å². The number of carbonyl (C=O) groups is 1. The van der Waals surface area contributed by atoms with Crippen molar-refractivity contribution in [2.75, 3.05) is 0 Å². The van der Waals surface area contributed by atoms with Crippen LogP contribution in [-0.2, 0) is 10.2 Å². The number of halogens is 3. The molecule has 158 valence electrons. The van der Waals surface area contributed by atoms with Crippen LogP contribution in [0.5, 0.6) is 0 Å². The van der Waals surface area contributed by atoms with Gasteiger partial charge in [0.15, 0.2) is 0 Å². The van der Waals surface area contributed by atoms with Crippen molar-refractivity contribution in [3.05, 3.63) is 69.5 Å². The molecule has 1 aliphatic heterocycles. The number of carboxylic acid groups (broad SMARTS) is 1.